The van der Waals surface area contributed by atoms with E-state index >= 15 is 0 Å². The highest BCUT2D eigenvalue weighted by molar-refractivity contribution is 7.89. The van der Waals surface area contributed by atoms with E-state index in [0.29, 0.717) is 0 Å². The third kappa shape index (κ3) is 3.87. The Morgan fingerprint density at radius 3 is 2.40 bits per heavy atom. The lowest BCUT2D eigenvalue weighted by Crippen LogP contribution is -2.57. The average molecular weight is 504 g/mol. The Kier molecular flexibility index (Phi) is 6.15. The second-order valence-corrected chi connectivity index (χ2v) is 11.8. The molecule has 0 aromatic heterocycles. The molecule has 2 aromatic carbocycles. The van der Waals surface area contributed by atoms with Gasteiger partial charge in [0.2, 0.25) is 10.0 Å². The fraction of sp³-hybridized carbons (Fsp3) is 0.458. The maximum Gasteiger partial charge on any atom is 0.416 e. The number of hydrogen-bond donors (Lipinski definition) is 1. The van der Waals surface area contributed by atoms with Gasteiger partial charge >= 0.3 is 6.09 Å². The SMILES string of the molecule is Cc1ccc(S(=O)(=O)N2C[C@H](CCO)[C@@]3([N+](=O)[O-])c4ccccc4N(C(=O)OC(C)(C)C)[C@@H]23)cc1. The molecule has 2 heterocycles. The van der Waals surface area contributed by atoms with Crippen molar-refractivity contribution < 1.29 is 28.0 Å². The number of aryl methyl sites for hydroxylation is 1. The quantitative estimate of drug-likeness (QED) is 0.490. The van der Waals surface area contributed by atoms with Crippen LogP contribution >= 0.6 is 0 Å². The number of amides is 1. The number of aliphatic hydroxyl groups is 1. The fourth-order valence-corrected chi connectivity index (χ4v) is 6.76. The molecule has 11 heteroatoms. The number of nitro groups is 1. The van der Waals surface area contributed by atoms with Crippen molar-refractivity contribution in [3.8, 4) is 0 Å². The number of ether oxygens (including phenoxy) is 1. The number of benzene rings is 2. The first-order valence-corrected chi connectivity index (χ1v) is 12.7. The van der Waals surface area contributed by atoms with Crippen LogP contribution in [-0.4, -0.2) is 53.8 Å². The smallest absolute Gasteiger partial charge is 0.416 e. The van der Waals surface area contributed by atoms with Gasteiger partial charge in [-0.15, -0.1) is 0 Å². The van der Waals surface area contributed by atoms with Crippen molar-refractivity contribution in [2.24, 2.45) is 5.92 Å². The highest BCUT2D eigenvalue weighted by Gasteiger charge is 2.74. The molecule has 0 aliphatic carbocycles. The summed E-state index contributed by atoms with van der Waals surface area (Å²) < 4.78 is 34.3. The van der Waals surface area contributed by atoms with Gasteiger partial charge in [-0.25, -0.2) is 13.2 Å². The number of carbonyl (C=O) groups is 1. The van der Waals surface area contributed by atoms with E-state index in [2.05, 4.69) is 0 Å². The molecule has 0 bridgehead atoms. The van der Waals surface area contributed by atoms with E-state index in [0.717, 1.165) is 14.8 Å². The van der Waals surface area contributed by atoms with Crippen LogP contribution in [0.2, 0.25) is 0 Å². The van der Waals surface area contributed by atoms with E-state index in [4.69, 9.17) is 4.74 Å². The molecule has 0 saturated carbocycles. The van der Waals surface area contributed by atoms with Crippen LogP contribution in [0.3, 0.4) is 0 Å². The van der Waals surface area contributed by atoms with Crippen LogP contribution in [0, 0.1) is 23.0 Å². The predicted molar refractivity (Wildman–Crippen MR) is 128 cm³/mol. The second-order valence-electron chi connectivity index (χ2n) is 9.92. The molecule has 2 aromatic rings. The van der Waals surface area contributed by atoms with Crippen LogP contribution in [0.25, 0.3) is 0 Å². The van der Waals surface area contributed by atoms with Gasteiger partial charge in [0.05, 0.1) is 22.1 Å². The Morgan fingerprint density at radius 1 is 1.20 bits per heavy atom. The van der Waals surface area contributed by atoms with Crippen molar-refractivity contribution >= 4 is 21.8 Å². The third-order valence-corrected chi connectivity index (χ3v) is 8.36. The van der Waals surface area contributed by atoms with Crippen LogP contribution in [0.4, 0.5) is 10.5 Å². The molecule has 4 rings (SSSR count). The summed E-state index contributed by atoms with van der Waals surface area (Å²) in [7, 11) is -4.26. The molecule has 0 unspecified atom stereocenters. The molecule has 1 amide bonds. The number of para-hydroxylation sites is 1. The van der Waals surface area contributed by atoms with Gasteiger partial charge in [0, 0.05) is 18.1 Å². The van der Waals surface area contributed by atoms with E-state index in [-0.39, 0.29) is 35.7 Å². The van der Waals surface area contributed by atoms with Crippen LogP contribution in [-0.2, 0) is 20.3 Å². The first-order valence-electron chi connectivity index (χ1n) is 11.3. The Balaban J connectivity index is 1.97. The van der Waals surface area contributed by atoms with Crippen LogP contribution in [0.15, 0.2) is 53.4 Å². The number of rotatable bonds is 5. The Hall–Kier alpha value is -3.02. The molecule has 3 atom stereocenters. The zero-order valence-electron chi connectivity index (χ0n) is 20.0. The summed E-state index contributed by atoms with van der Waals surface area (Å²) in [5, 5.41) is 22.6. The zero-order valence-corrected chi connectivity index (χ0v) is 20.9. The highest BCUT2D eigenvalue weighted by Crippen LogP contribution is 2.57. The Bertz CT molecular complexity index is 1260. The summed E-state index contributed by atoms with van der Waals surface area (Å²) in [6.07, 6.45) is -2.41. The molecule has 1 saturated heterocycles. The maximum atomic E-state index is 13.9. The van der Waals surface area contributed by atoms with E-state index in [9.17, 15) is 28.4 Å². The van der Waals surface area contributed by atoms with Crippen molar-refractivity contribution in [2.45, 2.75) is 56.3 Å². The third-order valence-electron chi connectivity index (χ3n) is 6.53. The first-order chi connectivity index (χ1) is 16.4. The monoisotopic (exact) mass is 503 g/mol. The van der Waals surface area contributed by atoms with Crippen LogP contribution in [0.1, 0.15) is 38.3 Å². The van der Waals surface area contributed by atoms with Gasteiger partial charge in [0.15, 0.2) is 6.17 Å². The van der Waals surface area contributed by atoms with E-state index < -0.39 is 44.3 Å². The normalized spacial score (nSPS) is 24.2. The molecule has 2 aliphatic heterocycles. The Labute approximate surface area is 204 Å². The minimum Gasteiger partial charge on any atom is -0.443 e. The maximum absolute atomic E-state index is 13.9. The number of carbonyl (C=O) groups excluding carboxylic acids is 1. The lowest BCUT2D eigenvalue weighted by atomic mass is 9.79. The van der Waals surface area contributed by atoms with E-state index in [1.807, 2.05) is 6.92 Å². The van der Waals surface area contributed by atoms with Crippen molar-refractivity contribution in [1.82, 2.24) is 4.31 Å². The highest BCUT2D eigenvalue weighted by atomic mass is 32.2. The standard InChI is InChI=1S/C24H29N3O7S/c1-16-9-11-18(12-10-16)35(32,33)25-15-17(13-14-28)24(27(30)31)19-7-5-6-8-20(19)26(21(24)25)22(29)34-23(2,3)4/h5-12,17,21,28H,13-15H2,1-4H3/t17-,21+,24+/m0/s1. The largest absolute Gasteiger partial charge is 0.443 e. The van der Waals surface area contributed by atoms with Crippen molar-refractivity contribution in [3.63, 3.8) is 0 Å². The molecule has 35 heavy (non-hydrogen) atoms. The lowest BCUT2D eigenvalue weighted by Gasteiger charge is -2.33. The zero-order chi connectivity index (χ0) is 25.8. The van der Waals surface area contributed by atoms with Gasteiger partial charge in [-0.2, -0.15) is 4.31 Å². The summed E-state index contributed by atoms with van der Waals surface area (Å²) in [5.41, 5.74) is -1.60. The van der Waals surface area contributed by atoms with Gasteiger partial charge in [0.25, 0.3) is 5.54 Å². The van der Waals surface area contributed by atoms with Gasteiger partial charge in [-0.05, 0) is 58.4 Å². The van der Waals surface area contributed by atoms with Crippen LogP contribution < -0.4 is 4.90 Å². The van der Waals surface area contributed by atoms with Gasteiger partial charge in [0.1, 0.15) is 5.60 Å². The summed E-state index contributed by atoms with van der Waals surface area (Å²) in [6, 6.07) is 12.5. The molecule has 0 spiro atoms. The predicted octanol–water partition coefficient (Wildman–Crippen LogP) is 3.25. The van der Waals surface area contributed by atoms with Gasteiger partial charge < -0.3 is 9.84 Å². The van der Waals surface area contributed by atoms with E-state index in [1.54, 1.807) is 57.2 Å². The molecular weight excluding hydrogens is 474 g/mol. The van der Waals surface area contributed by atoms with Crippen molar-refractivity contribution in [2.75, 3.05) is 18.1 Å². The second kappa shape index (κ2) is 8.58. The van der Waals surface area contributed by atoms with Crippen molar-refractivity contribution in [1.29, 1.82) is 0 Å². The van der Waals surface area contributed by atoms with E-state index in [1.165, 1.54) is 12.1 Å². The lowest BCUT2D eigenvalue weighted by molar-refractivity contribution is -0.589. The number of nitrogens with zero attached hydrogens (tertiary/aromatic N) is 3. The topological polar surface area (TPSA) is 130 Å². The molecule has 2 aliphatic rings. The number of anilines is 1. The molecular formula is C24H29N3O7S. The molecule has 188 valence electrons. The first kappa shape index (κ1) is 25.1. The summed E-state index contributed by atoms with van der Waals surface area (Å²) in [5.74, 6) is -0.888. The summed E-state index contributed by atoms with van der Waals surface area (Å²) in [4.78, 5) is 26.9. The fourth-order valence-electron chi connectivity index (χ4n) is 5.12. The van der Waals surface area contributed by atoms with Gasteiger partial charge in [-0.1, -0.05) is 29.8 Å². The molecule has 10 nitrogen and oxygen atoms in total. The Morgan fingerprint density at radius 2 is 1.83 bits per heavy atom. The number of hydrogen-bond acceptors (Lipinski definition) is 7. The summed E-state index contributed by atoms with van der Waals surface area (Å²) >= 11 is 0. The molecule has 0 radical (unpaired) electrons. The van der Waals surface area contributed by atoms with Gasteiger partial charge in [-0.3, -0.25) is 15.0 Å². The molecule has 1 fully saturated rings. The number of aliphatic hydroxyl groups excluding tert-OH is 1. The average Bonchev–Trinajstić information content (AvgIpc) is 3.25. The summed E-state index contributed by atoms with van der Waals surface area (Å²) in [6.45, 7) is 6.20. The number of sulfonamides is 1. The number of fused-ring (bicyclic) bond motifs is 3. The van der Waals surface area contributed by atoms with Crippen molar-refractivity contribution in [3.05, 3.63) is 69.8 Å². The molecule has 1 N–H and O–H groups in total. The van der Waals surface area contributed by atoms with Crippen LogP contribution in [0.5, 0.6) is 0 Å². The minimum absolute atomic E-state index is 0.0199. The minimum atomic E-state index is -4.26.